The molecule has 1 aromatic carbocycles. The van der Waals surface area contributed by atoms with Crippen molar-refractivity contribution >= 4 is 11.6 Å². The lowest BCUT2D eigenvalue weighted by Crippen LogP contribution is -2.48. The first kappa shape index (κ1) is 18.4. The van der Waals surface area contributed by atoms with Gasteiger partial charge in [-0.05, 0) is 31.5 Å². The fourth-order valence-electron chi connectivity index (χ4n) is 3.40. The Labute approximate surface area is 156 Å². The number of amides is 1. The van der Waals surface area contributed by atoms with Crippen LogP contribution in [0.15, 0.2) is 48.7 Å². The van der Waals surface area contributed by atoms with Crippen molar-refractivity contribution in [2.24, 2.45) is 0 Å². The van der Waals surface area contributed by atoms with Crippen molar-refractivity contribution in [1.29, 1.82) is 0 Å². The number of nitrogens with zero attached hydrogens (tertiary/aromatic N) is 4. The maximum atomic E-state index is 12.7. The normalized spacial score (nSPS) is 15.1. The van der Waals surface area contributed by atoms with E-state index in [1.807, 2.05) is 29.3 Å². The van der Waals surface area contributed by atoms with Crippen molar-refractivity contribution in [3.63, 3.8) is 0 Å². The Morgan fingerprint density at radius 1 is 1.00 bits per heavy atom. The van der Waals surface area contributed by atoms with Gasteiger partial charge < -0.3 is 9.80 Å². The second kappa shape index (κ2) is 8.81. The highest BCUT2D eigenvalue weighted by molar-refractivity contribution is 5.92. The first-order valence-electron chi connectivity index (χ1n) is 9.47. The predicted molar refractivity (Wildman–Crippen MR) is 105 cm³/mol. The Bertz CT molecular complexity index is 690. The molecule has 138 valence electrons. The number of benzene rings is 1. The zero-order chi connectivity index (χ0) is 18.4. The molecular formula is C21H28N4O. The van der Waals surface area contributed by atoms with E-state index in [1.54, 1.807) is 0 Å². The Kier molecular flexibility index (Phi) is 6.23. The molecular weight excluding hydrogens is 324 g/mol. The van der Waals surface area contributed by atoms with Gasteiger partial charge in [0.2, 0.25) is 0 Å². The minimum absolute atomic E-state index is 0.0375. The highest BCUT2D eigenvalue weighted by Gasteiger charge is 2.23. The number of hydrogen-bond donors (Lipinski definition) is 0. The molecule has 0 spiro atoms. The van der Waals surface area contributed by atoms with Gasteiger partial charge in [0, 0.05) is 45.8 Å². The van der Waals surface area contributed by atoms with Crippen molar-refractivity contribution in [2.45, 2.75) is 20.4 Å². The summed E-state index contributed by atoms with van der Waals surface area (Å²) in [4.78, 5) is 23.7. The van der Waals surface area contributed by atoms with E-state index in [0.29, 0.717) is 5.69 Å². The van der Waals surface area contributed by atoms with E-state index < -0.39 is 0 Å². The molecule has 2 heterocycles. The Morgan fingerprint density at radius 3 is 2.27 bits per heavy atom. The van der Waals surface area contributed by atoms with E-state index in [0.717, 1.165) is 51.5 Å². The molecule has 1 aliphatic heterocycles. The standard InChI is InChI=1S/C21H28N4O/c1-3-24(4-2)19-10-11-20(22-16-19)21(26)25-14-12-23(13-15-25)17-18-8-6-5-7-9-18/h5-11,16H,3-4,12-15,17H2,1-2H3. The molecule has 3 rings (SSSR count). The molecule has 0 radical (unpaired) electrons. The lowest BCUT2D eigenvalue weighted by atomic mass is 10.2. The third-order valence-electron chi connectivity index (χ3n) is 5.00. The van der Waals surface area contributed by atoms with Crippen LogP contribution in [0.5, 0.6) is 0 Å². The van der Waals surface area contributed by atoms with Gasteiger partial charge in [0.05, 0.1) is 11.9 Å². The van der Waals surface area contributed by atoms with Crippen LogP contribution in [-0.4, -0.2) is 60.0 Å². The topological polar surface area (TPSA) is 39.7 Å². The Morgan fingerprint density at radius 2 is 1.69 bits per heavy atom. The molecule has 0 aliphatic carbocycles. The molecule has 0 unspecified atom stereocenters. The molecule has 2 aromatic rings. The van der Waals surface area contributed by atoms with Crippen molar-refractivity contribution in [1.82, 2.24) is 14.8 Å². The zero-order valence-electron chi connectivity index (χ0n) is 15.8. The molecule has 5 nitrogen and oxygen atoms in total. The maximum absolute atomic E-state index is 12.7. The van der Waals surface area contributed by atoms with Crippen LogP contribution >= 0.6 is 0 Å². The molecule has 1 aromatic heterocycles. The Hall–Kier alpha value is -2.40. The third kappa shape index (κ3) is 4.41. The molecule has 1 saturated heterocycles. The van der Waals surface area contributed by atoms with E-state index in [9.17, 15) is 4.79 Å². The van der Waals surface area contributed by atoms with Crippen LogP contribution in [0, 0.1) is 0 Å². The molecule has 0 bridgehead atoms. The minimum Gasteiger partial charge on any atom is -0.371 e. The van der Waals surface area contributed by atoms with Gasteiger partial charge in [0.15, 0.2) is 0 Å². The van der Waals surface area contributed by atoms with Crippen molar-refractivity contribution in [3.05, 3.63) is 59.9 Å². The second-order valence-electron chi connectivity index (χ2n) is 6.63. The smallest absolute Gasteiger partial charge is 0.272 e. The van der Waals surface area contributed by atoms with E-state index in [4.69, 9.17) is 0 Å². The first-order chi connectivity index (χ1) is 12.7. The quantitative estimate of drug-likeness (QED) is 0.801. The van der Waals surface area contributed by atoms with Crippen LogP contribution in [0.3, 0.4) is 0 Å². The molecule has 1 amide bonds. The number of carbonyl (C=O) groups is 1. The van der Waals surface area contributed by atoms with E-state index in [-0.39, 0.29) is 5.91 Å². The molecule has 26 heavy (non-hydrogen) atoms. The Balaban J connectivity index is 1.55. The highest BCUT2D eigenvalue weighted by Crippen LogP contribution is 2.15. The number of hydrogen-bond acceptors (Lipinski definition) is 4. The summed E-state index contributed by atoms with van der Waals surface area (Å²) in [5.74, 6) is 0.0375. The number of rotatable bonds is 6. The summed E-state index contributed by atoms with van der Waals surface area (Å²) in [7, 11) is 0. The van der Waals surface area contributed by atoms with Crippen LogP contribution < -0.4 is 4.90 Å². The average molecular weight is 352 g/mol. The minimum atomic E-state index is 0.0375. The fourth-order valence-corrected chi connectivity index (χ4v) is 3.40. The summed E-state index contributed by atoms with van der Waals surface area (Å²) in [6, 6.07) is 14.3. The molecule has 0 saturated carbocycles. The van der Waals surface area contributed by atoms with Gasteiger partial charge in [-0.3, -0.25) is 9.69 Å². The average Bonchev–Trinajstić information content (AvgIpc) is 2.70. The van der Waals surface area contributed by atoms with E-state index >= 15 is 0 Å². The molecule has 1 aliphatic rings. The third-order valence-corrected chi connectivity index (χ3v) is 5.00. The number of pyridine rings is 1. The second-order valence-corrected chi connectivity index (χ2v) is 6.63. The monoisotopic (exact) mass is 352 g/mol. The predicted octanol–water partition coefficient (Wildman–Crippen LogP) is 2.89. The van der Waals surface area contributed by atoms with Crippen LogP contribution in [0.25, 0.3) is 0 Å². The van der Waals surface area contributed by atoms with Gasteiger partial charge in [-0.25, -0.2) is 4.98 Å². The van der Waals surface area contributed by atoms with Gasteiger partial charge in [-0.15, -0.1) is 0 Å². The van der Waals surface area contributed by atoms with Crippen molar-refractivity contribution in [2.75, 3.05) is 44.2 Å². The first-order valence-corrected chi connectivity index (χ1v) is 9.47. The van der Waals surface area contributed by atoms with Crippen molar-refractivity contribution < 1.29 is 4.79 Å². The van der Waals surface area contributed by atoms with Gasteiger partial charge in [-0.1, -0.05) is 30.3 Å². The maximum Gasteiger partial charge on any atom is 0.272 e. The van der Waals surface area contributed by atoms with Crippen LogP contribution in [-0.2, 0) is 6.54 Å². The van der Waals surface area contributed by atoms with Crippen molar-refractivity contribution in [3.8, 4) is 0 Å². The summed E-state index contributed by atoms with van der Waals surface area (Å²) in [6.45, 7) is 10.4. The van der Waals surface area contributed by atoms with Gasteiger partial charge in [0.25, 0.3) is 5.91 Å². The largest absolute Gasteiger partial charge is 0.371 e. The molecule has 5 heteroatoms. The summed E-state index contributed by atoms with van der Waals surface area (Å²) in [5.41, 5.74) is 2.93. The molecule has 0 atom stereocenters. The van der Waals surface area contributed by atoms with Gasteiger partial charge >= 0.3 is 0 Å². The summed E-state index contributed by atoms with van der Waals surface area (Å²) in [5, 5.41) is 0. The summed E-state index contributed by atoms with van der Waals surface area (Å²) < 4.78 is 0. The van der Waals surface area contributed by atoms with E-state index in [2.05, 4.69) is 52.9 Å². The molecule has 0 N–H and O–H groups in total. The zero-order valence-corrected chi connectivity index (χ0v) is 15.8. The van der Waals surface area contributed by atoms with E-state index in [1.165, 1.54) is 5.56 Å². The van der Waals surface area contributed by atoms with Crippen LogP contribution in [0.4, 0.5) is 5.69 Å². The van der Waals surface area contributed by atoms with Gasteiger partial charge in [0.1, 0.15) is 5.69 Å². The number of aromatic nitrogens is 1. The fraction of sp³-hybridized carbons (Fsp3) is 0.429. The number of anilines is 1. The molecule has 1 fully saturated rings. The SMILES string of the molecule is CCN(CC)c1ccc(C(=O)N2CCN(Cc3ccccc3)CC2)nc1. The highest BCUT2D eigenvalue weighted by atomic mass is 16.2. The van der Waals surface area contributed by atoms with Gasteiger partial charge in [-0.2, -0.15) is 0 Å². The van der Waals surface area contributed by atoms with Crippen LogP contribution in [0.1, 0.15) is 29.9 Å². The lowest BCUT2D eigenvalue weighted by molar-refractivity contribution is 0.0623. The van der Waals surface area contributed by atoms with Crippen LogP contribution in [0.2, 0.25) is 0 Å². The summed E-state index contributed by atoms with van der Waals surface area (Å²) >= 11 is 0. The summed E-state index contributed by atoms with van der Waals surface area (Å²) in [6.07, 6.45) is 1.81. The number of piperazine rings is 1. The lowest BCUT2D eigenvalue weighted by Gasteiger charge is -2.34. The number of carbonyl (C=O) groups excluding carboxylic acids is 1.